The van der Waals surface area contributed by atoms with Crippen LogP contribution in [0.15, 0.2) is 42.9 Å². The Hall–Kier alpha value is -2.82. The number of rotatable bonds is 3. The van der Waals surface area contributed by atoms with E-state index in [1.807, 2.05) is 30.5 Å². The van der Waals surface area contributed by atoms with Gasteiger partial charge in [0.05, 0.1) is 11.1 Å². The van der Waals surface area contributed by atoms with Crippen LogP contribution in [0.5, 0.6) is 0 Å². The quantitative estimate of drug-likeness (QED) is 0.771. The molecule has 0 bridgehead atoms. The van der Waals surface area contributed by atoms with E-state index in [9.17, 15) is 4.79 Å². The molecule has 1 amide bonds. The fourth-order valence-corrected chi connectivity index (χ4v) is 3.34. The normalized spacial score (nSPS) is 15.7. The van der Waals surface area contributed by atoms with Crippen LogP contribution in [-0.4, -0.2) is 20.4 Å². The van der Waals surface area contributed by atoms with Gasteiger partial charge in [0.25, 0.3) is 5.91 Å². The number of benzene rings is 1. The lowest BCUT2D eigenvalue weighted by molar-refractivity contribution is 0.102. The van der Waals surface area contributed by atoms with Gasteiger partial charge in [-0.05, 0) is 31.0 Å². The summed E-state index contributed by atoms with van der Waals surface area (Å²) < 4.78 is 2.13. The molecule has 0 saturated carbocycles. The number of aryl methyl sites for hydroxylation is 1. The number of hydrogen-bond donors (Lipinski definition) is 2. The molecule has 5 heteroatoms. The second kappa shape index (κ2) is 5.67. The van der Waals surface area contributed by atoms with E-state index in [0.717, 1.165) is 35.6 Å². The van der Waals surface area contributed by atoms with Gasteiger partial charge in [0.1, 0.15) is 5.82 Å². The Morgan fingerprint density at radius 1 is 1.38 bits per heavy atom. The zero-order valence-electron chi connectivity index (χ0n) is 13.8. The van der Waals surface area contributed by atoms with Gasteiger partial charge in [0.2, 0.25) is 0 Å². The maximum Gasteiger partial charge on any atom is 0.257 e. The molecule has 1 aliphatic rings. The van der Waals surface area contributed by atoms with Crippen molar-refractivity contribution in [2.24, 2.45) is 0 Å². The molecule has 0 fully saturated rings. The van der Waals surface area contributed by atoms with Gasteiger partial charge in [-0.25, -0.2) is 4.98 Å². The van der Waals surface area contributed by atoms with Crippen LogP contribution >= 0.6 is 0 Å². The highest BCUT2D eigenvalue weighted by Gasteiger charge is 2.28. The third-order valence-electron chi connectivity index (χ3n) is 4.69. The van der Waals surface area contributed by atoms with Crippen molar-refractivity contribution in [1.82, 2.24) is 14.5 Å². The molecule has 3 aromatic rings. The molecule has 1 aromatic carbocycles. The van der Waals surface area contributed by atoms with E-state index < -0.39 is 0 Å². The number of aromatic amines is 1. The fraction of sp³-hybridized carbons (Fsp3) is 0.263. The maximum atomic E-state index is 12.7. The SMILES string of the molecule is CCc1ccc(NC(=O)c2c[nH]c3c2-c2nccn2[C@H](C)C3)cc1. The molecule has 0 saturated heterocycles. The standard InChI is InChI=1S/C19H20N4O/c1-3-13-4-6-14(7-5-13)22-19(24)15-11-21-16-10-12(2)23-9-8-20-18(23)17(15)16/h4-9,11-12,21H,3,10H2,1-2H3,(H,22,24)/t12-/m1/s1. The molecule has 5 nitrogen and oxygen atoms in total. The molecule has 24 heavy (non-hydrogen) atoms. The minimum atomic E-state index is -0.110. The summed E-state index contributed by atoms with van der Waals surface area (Å²) in [6, 6.07) is 8.30. The first-order chi connectivity index (χ1) is 11.7. The summed E-state index contributed by atoms with van der Waals surface area (Å²) in [5.74, 6) is 0.748. The number of nitrogens with one attached hydrogen (secondary N) is 2. The van der Waals surface area contributed by atoms with E-state index in [-0.39, 0.29) is 5.91 Å². The molecule has 122 valence electrons. The molecule has 0 aliphatic carbocycles. The number of anilines is 1. The largest absolute Gasteiger partial charge is 0.364 e. The third kappa shape index (κ3) is 2.33. The second-order valence-electron chi connectivity index (χ2n) is 6.27. The number of imidazole rings is 1. The summed E-state index contributed by atoms with van der Waals surface area (Å²) in [6.07, 6.45) is 7.41. The summed E-state index contributed by atoms with van der Waals surface area (Å²) in [4.78, 5) is 20.5. The van der Waals surface area contributed by atoms with E-state index in [4.69, 9.17) is 0 Å². The Labute approximate surface area is 140 Å². The van der Waals surface area contributed by atoms with Gasteiger partial charge >= 0.3 is 0 Å². The molecule has 1 aliphatic heterocycles. The van der Waals surface area contributed by atoms with Crippen LogP contribution < -0.4 is 5.32 Å². The van der Waals surface area contributed by atoms with Crippen molar-refractivity contribution in [3.8, 4) is 11.4 Å². The molecular formula is C19H20N4O. The molecule has 2 aromatic heterocycles. The summed E-state index contributed by atoms with van der Waals surface area (Å²) in [7, 11) is 0. The van der Waals surface area contributed by atoms with Gasteiger partial charge in [-0.15, -0.1) is 0 Å². The van der Waals surface area contributed by atoms with E-state index in [1.54, 1.807) is 12.4 Å². The second-order valence-corrected chi connectivity index (χ2v) is 6.27. The zero-order chi connectivity index (χ0) is 16.7. The van der Waals surface area contributed by atoms with Crippen LogP contribution in [-0.2, 0) is 12.8 Å². The van der Waals surface area contributed by atoms with Crippen molar-refractivity contribution in [1.29, 1.82) is 0 Å². The van der Waals surface area contributed by atoms with Crippen LogP contribution in [0.1, 0.15) is 41.5 Å². The van der Waals surface area contributed by atoms with Gasteiger partial charge in [-0.3, -0.25) is 4.79 Å². The van der Waals surface area contributed by atoms with Crippen molar-refractivity contribution in [2.45, 2.75) is 32.7 Å². The first-order valence-electron chi connectivity index (χ1n) is 8.31. The van der Waals surface area contributed by atoms with Crippen LogP contribution in [0.25, 0.3) is 11.4 Å². The van der Waals surface area contributed by atoms with Gasteiger partial charge < -0.3 is 14.9 Å². The van der Waals surface area contributed by atoms with Crippen molar-refractivity contribution >= 4 is 11.6 Å². The van der Waals surface area contributed by atoms with Crippen molar-refractivity contribution < 1.29 is 4.79 Å². The first kappa shape index (κ1) is 14.8. The lowest BCUT2D eigenvalue weighted by Gasteiger charge is -2.22. The van der Waals surface area contributed by atoms with Gasteiger partial charge in [0, 0.05) is 42.4 Å². The average molecular weight is 320 g/mol. The van der Waals surface area contributed by atoms with Crippen molar-refractivity contribution in [3.63, 3.8) is 0 Å². The number of hydrogen-bond acceptors (Lipinski definition) is 2. The number of H-pyrrole nitrogens is 1. The van der Waals surface area contributed by atoms with Crippen LogP contribution in [0.4, 0.5) is 5.69 Å². The molecule has 2 N–H and O–H groups in total. The molecule has 1 atom stereocenters. The zero-order valence-corrected chi connectivity index (χ0v) is 13.8. The predicted molar refractivity (Wildman–Crippen MR) is 94.2 cm³/mol. The third-order valence-corrected chi connectivity index (χ3v) is 4.69. The predicted octanol–water partition coefficient (Wildman–Crippen LogP) is 3.81. The van der Waals surface area contributed by atoms with Gasteiger partial charge in [0.15, 0.2) is 0 Å². The van der Waals surface area contributed by atoms with Crippen LogP contribution in [0.3, 0.4) is 0 Å². The highest BCUT2D eigenvalue weighted by Crippen LogP contribution is 2.35. The van der Waals surface area contributed by atoms with Crippen molar-refractivity contribution in [3.05, 3.63) is 59.7 Å². The molecule has 0 unspecified atom stereocenters. The number of fused-ring (bicyclic) bond motifs is 3. The topological polar surface area (TPSA) is 62.7 Å². The van der Waals surface area contributed by atoms with Crippen LogP contribution in [0.2, 0.25) is 0 Å². The first-order valence-corrected chi connectivity index (χ1v) is 8.31. The number of nitrogens with zero attached hydrogens (tertiary/aromatic N) is 2. The van der Waals surface area contributed by atoms with Gasteiger partial charge in [-0.2, -0.15) is 0 Å². The summed E-state index contributed by atoms with van der Waals surface area (Å²) in [5.41, 5.74) is 4.69. The minimum absolute atomic E-state index is 0.110. The Bertz CT molecular complexity index is 888. The van der Waals surface area contributed by atoms with E-state index >= 15 is 0 Å². The lowest BCUT2D eigenvalue weighted by atomic mass is 10.0. The van der Waals surface area contributed by atoms with E-state index in [0.29, 0.717) is 11.6 Å². The molecule has 3 heterocycles. The lowest BCUT2D eigenvalue weighted by Crippen LogP contribution is -2.18. The number of aromatic nitrogens is 3. The Balaban J connectivity index is 1.65. The van der Waals surface area contributed by atoms with Crippen molar-refractivity contribution in [2.75, 3.05) is 5.32 Å². The molecular weight excluding hydrogens is 300 g/mol. The summed E-state index contributed by atoms with van der Waals surface area (Å²) in [5, 5.41) is 2.98. The fourth-order valence-electron chi connectivity index (χ4n) is 3.34. The molecule has 4 rings (SSSR count). The number of amides is 1. The Morgan fingerprint density at radius 3 is 2.92 bits per heavy atom. The average Bonchev–Trinajstić information content (AvgIpc) is 3.22. The highest BCUT2D eigenvalue weighted by molar-refractivity contribution is 6.08. The molecule has 0 spiro atoms. The summed E-state index contributed by atoms with van der Waals surface area (Å²) >= 11 is 0. The van der Waals surface area contributed by atoms with E-state index in [2.05, 4.69) is 33.7 Å². The minimum Gasteiger partial charge on any atom is -0.364 e. The maximum absolute atomic E-state index is 12.7. The molecule has 0 radical (unpaired) electrons. The van der Waals surface area contributed by atoms with Crippen LogP contribution in [0, 0.1) is 0 Å². The number of carbonyl (C=O) groups excluding carboxylic acids is 1. The Kier molecular flexibility index (Phi) is 3.49. The number of carbonyl (C=O) groups is 1. The Morgan fingerprint density at radius 2 is 2.17 bits per heavy atom. The van der Waals surface area contributed by atoms with E-state index in [1.165, 1.54) is 5.56 Å². The van der Waals surface area contributed by atoms with Gasteiger partial charge in [-0.1, -0.05) is 19.1 Å². The smallest absolute Gasteiger partial charge is 0.257 e. The monoisotopic (exact) mass is 320 g/mol. The highest BCUT2D eigenvalue weighted by atomic mass is 16.1. The summed E-state index contributed by atoms with van der Waals surface area (Å²) in [6.45, 7) is 4.27.